The maximum atomic E-state index is 12.3. The van der Waals surface area contributed by atoms with Crippen molar-refractivity contribution in [2.75, 3.05) is 19.7 Å². The lowest BCUT2D eigenvalue weighted by atomic mass is 9.96. The molecule has 0 unspecified atom stereocenters. The molecule has 1 aromatic carbocycles. The normalized spacial score (nSPS) is 14.9. The summed E-state index contributed by atoms with van der Waals surface area (Å²) >= 11 is 0. The third kappa shape index (κ3) is 4.84. The summed E-state index contributed by atoms with van der Waals surface area (Å²) in [5.74, 6) is 1.33. The first-order valence-electron chi connectivity index (χ1n) is 9.19. The maximum Gasteiger partial charge on any atom is 0.227 e. The minimum atomic E-state index is -0.283. The van der Waals surface area contributed by atoms with E-state index in [9.17, 15) is 9.59 Å². The molecule has 3 rings (SSSR count). The number of amides is 2. The largest absolute Gasteiger partial charge is 0.494 e. The van der Waals surface area contributed by atoms with Gasteiger partial charge in [-0.3, -0.25) is 9.59 Å². The predicted molar refractivity (Wildman–Crippen MR) is 97.7 cm³/mol. The minimum absolute atomic E-state index is 0.0266. The number of carbonyl (C=O) groups is 2. The number of primary amides is 1. The molecule has 8 heteroatoms. The SMILES string of the molecule is CCOc1ccc(-c2noc(CCC(=O)N3CCC(C(N)=O)CC3)n2)cc1. The van der Waals surface area contributed by atoms with Crippen LogP contribution in [-0.4, -0.2) is 46.6 Å². The number of rotatable bonds is 7. The van der Waals surface area contributed by atoms with Crippen LogP contribution in [0.25, 0.3) is 11.4 Å². The Morgan fingerprint density at radius 2 is 1.96 bits per heavy atom. The molecule has 2 aromatic rings. The van der Waals surface area contributed by atoms with Crippen molar-refractivity contribution in [2.45, 2.75) is 32.6 Å². The number of ether oxygens (including phenoxy) is 1. The Bertz CT molecular complexity index is 779. The molecule has 0 atom stereocenters. The summed E-state index contributed by atoms with van der Waals surface area (Å²) in [5, 5.41) is 3.98. The molecule has 1 saturated heterocycles. The van der Waals surface area contributed by atoms with Gasteiger partial charge in [0.2, 0.25) is 23.5 Å². The molecule has 2 amide bonds. The number of hydrogen-bond donors (Lipinski definition) is 1. The van der Waals surface area contributed by atoms with E-state index in [1.54, 1.807) is 4.90 Å². The van der Waals surface area contributed by atoms with E-state index in [0.717, 1.165) is 11.3 Å². The Morgan fingerprint density at radius 3 is 2.59 bits per heavy atom. The van der Waals surface area contributed by atoms with E-state index in [1.165, 1.54) is 0 Å². The summed E-state index contributed by atoms with van der Waals surface area (Å²) in [6, 6.07) is 7.45. The predicted octanol–water partition coefficient (Wildman–Crippen LogP) is 1.79. The molecule has 144 valence electrons. The highest BCUT2D eigenvalue weighted by molar-refractivity contribution is 5.79. The van der Waals surface area contributed by atoms with Gasteiger partial charge in [-0.2, -0.15) is 4.98 Å². The topological polar surface area (TPSA) is 112 Å². The smallest absolute Gasteiger partial charge is 0.227 e. The Morgan fingerprint density at radius 1 is 1.26 bits per heavy atom. The number of nitrogens with zero attached hydrogens (tertiary/aromatic N) is 3. The van der Waals surface area contributed by atoms with Gasteiger partial charge in [-0.05, 0) is 44.0 Å². The molecule has 0 radical (unpaired) electrons. The van der Waals surface area contributed by atoms with Crippen LogP contribution < -0.4 is 10.5 Å². The van der Waals surface area contributed by atoms with Gasteiger partial charge < -0.3 is 19.9 Å². The van der Waals surface area contributed by atoms with Gasteiger partial charge in [-0.15, -0.1) is 0 Å². The van der Waals surface area contributed by atoms with Crippen LogP contribution >= 0.6 is 0 Å². The molecular formula is C19H24N4O4. The van der Waals surface area contributed by atoms with E-state index in [4.69, 9.17) is 15.0 Å². The van der Waals surface area contributed by atoms with E-state index in [0.29, 0.717) is 57.1 Å². The maximum absolute atomic E-state index is 12.3. The molecule has 1 aliphatic rings. The fourth-order valence-corrected chi connectivity index (χ4v) is 3.13. The third-order valence-electron chi connectivity index (χ3n) is 4.69. The molecular weight excluding hydrogens is 348 g/mol. The van der Waals surface area contributed by atoms with Crippen molar-refractivity contribution in [3.05, 3.63) is 30.2 Å². The first-order chi connectivity index (χ1) is 13.1. The average Bonchev–Trinajstić information content (AvgIpc) is 3.16. The van der Waals surface area contributed by atoms with Crippen molar-refractivity contribution >= 4 is 11.8 Å². The molecule has 8 nitrogen and oxygen atoms in total. The second-order valence-corrected chi connectivity index (χ2v) is 6.53. The summed E-state index contributed by atoms with van der Waals surface area (Å²) in [7, 11) is 0. The van der Waals surface area contributed by atoms with Crippen LogP contribution in [0.3, 0.4) is 0 Å². The molecule has 1 aromatic heterocycles. The Kier molecular flexibility index (Phi) is 6.05. The monoisotopic (exact) mass is 372 g/mol. The van der Waals surface area contributed by atoms with Crippen LogP contribution in [0, 0.1) is 5.92 Å². The van der Waals surface area contributed by atoms with Crippen molar-refractivity contribution in [1.29, 1.82) is 0 Å². The van der Waals surface area contributed by atoms with Crippen molar-refractivity contribution in [3.8, 4) is 17.1 Å². The highest BCUT2D eigenvalue weighted by atomic mass is 16.5. The lowest BCUT2D eigenvalue weighted by Gasteiger charge is -2.30. The third-order valence-corrected chi connectivity index (χ3v) is 4.69. The number of benzene rings is 1. The fourth-order valence-electron chi connectivity index (χ4n) is 3.13. The van der Waals surface area contributed by atoms with Crippen LogP contribution in [-0.2, 0) is 16.0 Å². The van der Waals surface area contributed by atoms with Gasteiger partial charge in [-0.25, -0.2) is 0 Å². The molecule has 27 heavy (non-hydrogen) atoms. The molecule has 2 heterocycles. The van der Waals surface area contributed by atoms with Crippen molar-refractivity contribution < 1.29 is 18.8 Å². The zero-order valence-electron chi connectivity index (χ0n) is 15.4. The average molecular weight is 372 g/mol. The number of aromatic nitrogens is 2. The second-order valence-electron chi connectivity index (χ2n) is 6.53. The Labute approximate surface area is 157 Å². The first-order valence-corrected chi connectivity index (χ1v) is 9.19. The van der Waals surface area contributed by atoms with Crippen molar-refractivity contribution in [2.24, 2.45) is 11.7 Å². The van der Waals surface area contributed by atoms with Crippen molar-refractivity contribution in [1.82, 2.24) is 15.0 Å². The van der Waals surface area contributed by atoms with Gasteiger partial charge in [0.05, 0.1) is 6.61 Å². The van der Waals surface area contributed by atoms with E-state index in [2.05, 4.69) is 10.1 Å². The van der Waals surface area contributed by atoms with Gasteiger partial charge in [0.1, 0.15) is 5.75 Å². The van der Waals surface area contributed by atoms with Crippen LogP contribution in [0.4, 0.5) is 0 Å². The van der Waals surface area contributed by atoms with Crippen molar-refractivity contribution in [3.63, 3.8) is 0 Å². The van der Waals surface area contributed by atoms with Gasteiger partial charge in [0, 0.05) is 37.4 Å². The number of carbonyl (C=O) groups excluding carboxylic acids is 2. The second kappa shape index (κ2) is 8.66. The van der Waals surface area contributed by atoms with Crippen LogP contribution in [0.15, 0.2) is 28.8 Å². The first kappa shape index (κ1) is 18.9. The van der Waals surface area contributed by atoms with Crippen LogP contribution in [0.5, 0.6) is 5.75 Å². The summed E-state index contributed by atoms with van der Waals surface area (Å²) in [5.41, 5.74) is 6.15. The van der Waals surface area contributed by atoms with Gasteiger partial charge in [0.15, 0.2) is 0 Å². The number of piperidine rings is 1. The highest BCUT2D eigenvalue weighted by Crippen LogP contribution is 2.21. The van der Waals surface area contributed by atoms with Gasteiger partial charge in [-0.1, -0.05) is 5.16 Å². The summed E-state index contributed by atoms with van der Waals surface area (Å²) < 4.78 is 10.7. The van der Waals surface area contributed by atoms with Crippen LogP contribution in [0.2, 0.25) is 0 Å². The fraction of sp³-hybridized carbons (Fsp3) is 0.474. The van der Waals surface area contributed by atoms with E-state index in [1.807, 2.05) is 31.2 Å². The number of hydrogen-bond acceptors (Lipinski definition) is 6. The van der Waals surface area contributed by atoms with Gasteiger partial charge >= 0.3 is 0 Å². The molecule has 1 fully saturated rings. The lowest BCUT2D eigenvalue weighted by Crippen LogP contribution is -2.41. The quantitative estimate of drug-likeness (QED) is 0.793. The van der Waals surface area contributed by atoms with E-state index in [-0.39, 0.29) is 17.7 Å². The molecule has 0 aliphatic carbocycles. The molecule has 0 bridgehead atoms. The lowest BCUT2D eigenvalue weighted by molar-refractivity contribution is -0.134. The zero-order valence-corrected chi connectivity index (χ0v) is 15.4. The summed E-state index contributed by atoms with van der Waals surface area (Å²) in [6.07, 6.45) is 1.94. The molecule has 1 aliphatic heterocycles. The molecule has 0 spiro atoms. The molecule has 0 saturated carbocycles. The minimum Gasteiger partial charge on any atom is -0.494 e. The highest BCUT2D eigenvalue weighted by Gasteiger charge is 2.25. The number of nitrogens with two attached hydrogens (primary N) is 1. The van der Waals surface area contributed by atoms with E-state index < -0.39 is 0 Å². The van der Waals surface area contributed by atoms with Crippen LogP contribution in [0.1, 0.15) is 32.1 Å². The summed E-state index contributed by atoms with van der Waals surface area (Å²) in [6.45, 7) is 3.67. The zero-order chi connectivity index (χ0) is 19.2. The summed E-state index contributed by atoms with van der Waals surface area (Å²) in [4.78, 5) is 29.7. The number of aryl methyl sites for hydroxylation is 1. The standard InChI is InChI=1S/C19H24N4O4/c1-2-26-15-5-3-14(4-6-15)19-21-16(27-22-19)7-8-17(24)23-11-9-13(10-12-23)18(20)25/h3-6,13H,2,7-12H2,1H3,(H2,20,25). The molecule has 2 N–H and O–H groups in total. The van der Waals surface area contributed by atoms with Gasteiger partial charge in [0.25, 0.3) is 0 Å². The Balaban J connectivity index is 1.51. The van der Waals surface area contributed by atoms with E-state index >= 15 is 0 Å². The Hall–Kier alpha value is -2.90. The number of likely N-dealkylation sites (tertiary alicyclic amines) is 1.